The van der Waals surface area contributed by atoms with Crippen molar-refractivity contribution < 1.29 is 0 Å². The largest absolute Gasteiger partial charge is 0.329 e. The zero-order valence-corrected chi connectivity index (χ0v) is 12.9. The first-order chi connectivity index (χ1) is 9.66. The smallest absolute Gasteiger partial charge is 0.0220 e. The molecule has 0 aromatic rings. The predicted molar refractivity (Wildman–Crippen MR) is 83.2 cm³/mol. The Labute approximate surface area is 124 Å². The maximum absolute atomic E-state index is 6.54. The summed E-state index contributed by atoms with van der Waals surface area (Å²) in [6.07, 6.45) is 16.3. The second-order valence-corrected chi connectivity index (χ2v) is 8.86. The standard InChI is InChI=1S/C18H32N2/c19-11-16(20)18-9-13-6-14(10-18)8-17(7-13,12-18)15-4-2-1-3-5-15/h13-16H,1-12,19-20H2. The molecule has 3 atom stereocenters. The first-order valence-electron chi connectivity index (χ1n) is 9.11. The van der Waals surface area contributed by atoms with Crippen LogP contribution in [-0.2, 0) is 0 Å². The monoisotopic (exact) mass is 276 g/mol. The SMILES string of the molecule is NCC(N)C12CC3CC(C1)CC(C1CCCCC1)(C3)C2. The molecule has 4 bridgehead atoms. The molecule has 0 aromatic heterocycles. The molecule has 0 amide bonds. The predicted octanol–water partition coefficient (Wildman–Crippen LogP) is 3.44. The summed E-state index contributed by atoms with van der Waals surface area (Å²) in [5, 5.41) is 0. The molecule has 20 heavy (non-hydrogen) atoms. The van der Waals surface area contributed by atoms with Crippen LogP contribution in [0.3, 0.4) is 0 Å². The second-order valence-electron chi connectivity index (χ2n) is 8.86. The van der Waals surface area contributed by atoms with Crippen LogP contribution in [0.25, 0.3) is 0 Å². The average molecular weight is 276 g/mol. The van der Waals surface area contributed by atoms with E-state index in [-0.39, 0.29) is 6.04 Å². The van der Waals surface area contributed by atoms with E-state index in [0.717, 1.165) is 17.8 Å². The maximum Gasteiger partial charge on any atom is 0.0220 e. The fourth-order valence-corrected chi connectivity index (χ4v) is 7.28. The van der Waals surface area contributed by atoms with Crippen LogP contribution in [0.5, 0.6) is 0 Å². The van der Waals surface area contributed by atoms with Gasteiger partial charge in [-0.25, -0.2) is 0 Å². The van der Waals surface area contributed by atoms with Crippen molar-refractivity contribution in [3.63, 3.8) is 0 Å². The van der Waals surface area contributed by atoms with Crippen LogP contribution in [0, 0.1) is 28.6 Å². The van der Waals surface area contributed by atoms with Crippen LogP contribution in [0.2, 0.25) is 0 Å². The highest BCUT2D eigenvalue weighted by atomic mass is 14.8. The lowest BCUT2D eigenvalue weighted by Gasteiger charge is -2.66. The number of hydrogen-bond acceptors (Lipinski definition) is 2. The second kappa shape index (κ2) is 4.71. The van der Waals surface area contributed by atoms with Crippen molar-refractivity contribution in [3.05, 3.63) is 0 Å². The summed E-state index contributed by atoms with van der Waals surface area (Å²) in [5.41, 5.74) is 13.6. The van der Waals surface area contributed by atoms with E-state index >= 15 is 0 Å². The van der Waals surface area contributed by atoms with Gasteiger partial charge in [0.15, 0.2) is 0 Å². The van der Waals surface area contributed by atoms with Crippen LogP contribution in [-0.4, -0.2) is 12.6 Å². The number of rotatable bonds is 3. The van der Waals surface area contributed by atoms with Crippen molar-refractivity contribution >= 4 is 0 Å². The molecule has 0 radical (unpaired) electrons. The lowest BCUT2D eigenvalue weighted by molar-refractivity contribution is -0.149. The van der Waals surface area contributed by atoms with Gasteiger partial charge in [-0.1, -0.05) is 19.3 Å². The molecule has 5 aliphatic carbocycles. The van der Waals surface area contributed by atoms with Crippen LogP contribution in [0.4, 0.5) is 0 Å². The van der Waals surface area contributed by atoms with Crippen LogP contribution in [0.1, 0.15) is 70.6 Å². The third kappa shape index (κ3) is 1.90. The molecule has 5 fully saturated rings. The topological polar surface area (TPSA) is 52.0 Å². The van der Waals surface area contributed by atoms with Crippen molar-refractivity contribution in [2.45, 2.75) is 76.7 Å². The Hall–Kier alpha value is -0.0800. The van der Waals surface area contributed by atoms with Gasteiger partial charge in [-0.3, -0.25) is 0 Å². The van der Waals surface area contributed by atoms with E-state index in [1.165, 1.54) is 70.6 Å². The van der Waals surface area contributed by atoms with Gasteiger partial charge in [0.1, 0.15) is 0 Å². The Morgan fingerprint density at radius 2 is 1.60 bits per heavy atom. The van der Waals surface area contributed by atoms with E-state index in [1.54, 1.807) is 0 Å². The molecule has 2 nitrogen and oxygen atoms in total. The Morgan fingerprint density at radius 1 is 0.950 bits per heavy atom. The van der Waals surface area contributed by atoms with Crippen molar-refractivity contribution in [3.8, 4) is 0 Å². The van der Waals surface area contributed by atoms with Gasteiger partial charge in [-0.15, -0.1) is 0 Å². The summed E-state index contributed by atoms with van der Waals surface area (Å²) in [4.78, 5) is 0. The van der Waals surface area contributed by atoms with Crippen molar-refractivity contribution in [1.82, 2.24) is 0 Å². The number of nitrogens with two attached hydrogens (primary N) is 2. The first kappa shape index (κ1) is 13.6. The molecule has 0 saturated heterocycles. The summed E-state index contributed by atoms with van der Waals surface area (Å²) in [6, 6.07) is 0.261. The Bertz CT molecular complexity index is 358. The lowest BCUT2D eigenvalue weighted by atomic mass is 9.39. The normalized spacial score (nSPS) is 49.5. The van der Waals surface area contributed by atoms with Gasteiger partial charge < -0.3 is 11.5 Å². The Morgan fingerprint density at radius 3 is 2.20 bits per heavy atom. The van der Waals surface area contributed by atoms with E-state index < -0.39 is 0 Å². The Kier molecular flexibility index (Phi) is 3.20. The summed E-state index contributed by atoms with van der Waals surface area (Å²) in [5.74, 6) is 2.98. The fourth-order valence-electron chi connectivity index (χ4n) is 7.28. The van der Waals surface area contributed by atoms with Crippen LogP contribution >= 0.6 is 0 Å². The highest BCUT2D eigenvalue weighted by molar-refractivity contribution is 5.12. The minimum atomic E-state index is 0.261. The van der Waals surface area contributed by atoms with Gasteiger partial charge in [0.25, 0.3) is 0 Å². The van der Waals surface area contributed by atoms with Gasteiger partial charge in [0.05, 0.1) is 0 Å². The molecule has 114 valence electrons. The van der Waals surface area contributed by atoms with Gasteiger partial charge in [0, 0.05) is 12.6 Å². The van der Waals surface area contributed by atoms with Gasteiger partial charge >= 0.3 is 0 Å². The van der Waals surface area contributed by atoms with E-state index in [4.69, 9.17) is 11.5 Å². The molecule has 0 aliphatic heterocycles. The summed E-state index contributed by atoms with van der Waals surface area (Å²) < 4.78 is 0. The molecule has 0 heterocycles. The van der Waals surface area contributed by atoms with E-state index in [9.17, 15) is 0 Å². The summed E-state index contributed by atoms with van der Waals surface area (Å²) >= 11 is 0. The van der Waals surface area contributed by atoms with E-state index in [1.807, 2.05) is 0 Å². The average Bonchev–Trinajstić information content (AvgIpc) is 2.46. The van der Waals surface area contributed by atoms with Crippen LogP contribution < -0.4 is 11.5 Å². The van der Waals surface area contributed by atoms with Gasteiger partial charge in [-0.2, -0.15) is 0 Å². The van der Waals surface area contributed by atoms with Gasteiger partial charge in [-0.05, 0) is 80.0 Å². The van der Waals surface area contributed by atoms with E-state index in [0.29, 0.717) is 17.4 Å². The summed E-state index contributed by atoms with van der Waals surface area (Å²) in [7, 11) is 0. The molecule has 2 heteroatoms. The Balaban J connectivity index is 1.64. The first-order valence-corrected chi connectivity index (χ1v) is 9.11. The molecule has 5 aliphatic rings. The molecule has 5 saturated carbocycles. The highest BCUT2D eigenvalue weighted by Crippen LogP contribution is 2.69. The third-order valence-corrected chi connectivity index (χ3v) is 7.66. The quantitative estimate of drug-likeness (QED) is 0.829. The maximum atomic E-state index is 6.54. The lowest BCUT2D eigenvalue weighted by Crippen LogP contribution is -2.61. The van der Waals surface area contributed by atoms with Gasteiger partial charge in [0.2, 0.25) is 0 Å². The van der Waals surface area contributed by atoms with Crippen LogP contribution in [0.15, 0.2) is 0 Å². The molecule has 0 spiro atoms. The van der Waals surface area contributed by atoms with Crippen molar-refractivity contribution in [2.24, 2.45) is 40.1 Å². The molecule has 3 unspecified atom stereocenters. The van der Waals surface area contributed by atoms with E-state index in [2.05, 4.69) is 0 Å². The molecule has 4 N–H and O–H groups in total. The highest BCUT2D eigenvalue weighted by Gasteiger charge is 2.60. The van der Waals surface area contributed by atoms with Crippen molar-refractivity contribution in [1.29, 1.82) is 0 Å². The zero-order valence-electron chi connectivity index (χ0n) is 12.9. The molecule has 5 rings (SSSR count). The minimum absolute atomic E-state index is 0.261. The molecular weight excluding hydrogens is 244 g/mol. The third-order valence-electron chi connectivity index (χ3n) is 7.66. The zero-order chi connectivity index (χ0) is 13.8. The molecular formula is C18H32N2. The minimum Gasteiger partial charge on any atom is -0.329 e. The number of hydrogen-bond donors (Lipinski definition) is 2. The summed E-state index contributed by atoms with van der Waals surface area (Å²) in [6.45, 7) is 0.695. The fraction of sp³-hybridized carbons (Fsp3) is 1.00. The molecule has 0 aromatic carbocycles. The van der Waals surface area contributed by atoms with Crippen molar-refractivity contribution in [2.75, 3.05) is 6.54 Å².